The van der Waals surface area contributed by atoms with Crippen LogP contribution in [0.4, 0.5) is 0 Å². The van der Waals surface area contributed by atoms with Gasteiger partial charge in [0.15, 0.2) is 0 Å². The third-order valence-corrected chi connectivity index (χ3v) is 4.66. The average molecular weight is 252 g/mol. The van der Waals surface area contributed by atoms with Crippen LogP contribution in [0.15, 0.2) is 0 Å². The third-order valence-electron chi connectivity index (χ3n) is 4.66. The molecule has 4 atom stereocenters. The highest BCUT2D eigenvalue weighted by Crippen LogP contribution is 2.37. The molecule has 1 aliphatic heterocycles. The largest absolute Gasteiger partial charge is 0.352 e. The van der Waals surface area contributed by atoms with Crippen molar-refractivity contribution in [3.63, 3.8) is 0 Å². The van der Waals surface area contributed by atoms with Crippen molar-refractivity contribution in [3.8, 4) is 0 Å². The Bertz CT molecular complexity index is 280. The maximum absolute atomic E-state index is 12.3. The van der Waals surface area contributed by atoms with E-state index in [0.717, 1.165) is 18.9 Å². The smallest absolute Gasteiger partial charge is 0.237 e. The molecule has 0 aromatic carbocycles. The fourth-order valence-corrected chi connectivity index (χ4v) is 3.58. The lowest BCUT2D eigenvalue weighted by molar-refractivity contribution is -0.124. The van der Waals surface area contributed by atoms with E-state index < -0.39 is 0 Å². The van der Waals surface area contributed by atoms with Gasteiger partial charge in [-0.05, 0) is 44.6 Å². The van der Waals surface area contributed by atoms with Crippen LogP contribution in [0.25, 0.3) is 0 Å². The van der Waals surface area contributed by atoms with Crippen molar-refractivity contribution in [3.05, 3.63) is 0 Å². The molecule has 4 unspecified atom stereocenters. The number of carbonyl (C=O) groups excluding carboxylic acids is 1. The van der Waals surface area contributed by atoms with Gasteiger partial charge in [-0.3, -0.25) is 4.79 Å². The zero-order valence-electron chi connectivity index (χ0n) is 11.9. The van der Waals surface area contributed by atoms with Gasteiger partial charge in [-0.15, -0.1) is 0 Å². The van der Waals surface area contributed by atoms with Crippen LogP contribution >= 0.6 is 0 Å². The molecule has 0 bridgehead atoms. The standard InChI is InChI=1S/C15H28N2O/c1-3-4-5-7-11(2)17-15(18)14-13-9-6-8-12(13)10-16-14/h11-14,16H,3-10H2,1-2H3,(H,17,18). The van der Waals surface area contributed by atoms with E-state index in [1.54, 1.807) is 0 Å². The van der Waals surface area contributed by atoms with Crippen LogP contribution in [0.2, 0.25) is 0 Å². The van der Waals surface area contributed by atoms with Crippen molar-refractivity contribution in [2.24, 2.45) is 11.8 Å². The van der Waals surface area contributed by atoms with Crippen LogP contribution in [-0.2, 0) is 4.79 Å². The van der Waals surface area contributed by atoms with Gasteiger partial charge in [0.05, 0.1) is 6.04 Å². The lowest BCUT2D eigenvalue weighted by Gasteiger charge is -2.21. The highest BCUT2D eigenvalue weighted by Gasteiger charge is 2.42. The molecule has 2 N–H and O–H groups in total. The molecule has 2 aliphatic rings. The van der Waals surface area contributed by atoms with Crippen molar-refractivity contribution >= 4 is 5.91 Å². The van der Waals surface area contributed by atoms with Crippen molar-refractivity contribution in [1.82, 2.24) is 10.6 Å². The molecule has 3 heteroatoms. The second kappa shape index (κ2) is 6.55. The Morgan fingerprint density at radius 1 is 1.39 bits per heavy atom. The van der Waals surface area contributed by atoms with E-state index >= 15 is 0 Å². The Hall–Kier alpha value is -0.570. The van der Waals surface area contributed by atoms with Gasteiger partial charge in [0.1, 0.15) is 0 Å². The first-order chi connectivity index (χ1) is 8.72. The number of fused-ring (bicyclic) bond motifs is 1. The Labute approximate surface area is 111 Å². The van der Waals surface area contributed by atoms with Gasteiger partial charge < -0.3 is 10.6 Å². The fraction of sp³-hybridized carbons (Fsp3) is 0.933. The minimum atomic E-state index is 0.0890. The van der Waals surface area contributed by atoms with Gasteiger partial charge in [0.2, 0.25) is 5.91 Å². The van der Waals surface area contributed by atoms with Gasteiger partial charge in [-0.2, -0.15) is 0 Å². The molecular weight excluding hydrogens is 224 g/mol. The molecule has 1 saturated carbocycles. The van der Waals surface area contributed by atoms with Crippen LogP contribution in [0.3, 0.4) is 0 Å². The molecule has 0 aromatic rings. The summed E-state index contributed by atoms with van der Waals surface area (Å²) >= 11 is 0. The molecule has 0 aromatic heterocycles. The van der Waals surface area contributed by atoms with Gasteiger partial charge >= 0.3 is 0 Å². The van der Waals surface area contributed by atoms with Crippen molar-refractivity contribution in [2.45, 2.75) is 70.9 Å². The lowest BCUT2D eigenvalue weighted by Crippen LogP contribution is -2.46. The number of amides is 1. The summed E-state index contributed by atoms with van der Waals surface area (Å²) in [6.45, 7) is 5.40. The molecule has 1 aliphatic carbocycles. The number of nitrogens with one attached hydrogen (secondary N) is 2. The minimum Gasteiger partial charge on any atom is -0.352 e. The zero-order valence-corrected chi connectivity index (χ0v) is 11.9. The molecule has 3 nitrogen and oxygen atoms in total. The first-order valence-corrected chi connectivity index (χ1v) is 7.76. The molecule has 0 radical (unpaired) electrons. The fourth-order valence-electron chi connectivity index (χ4n) is 3.58. The first kappa shape index (κ1) is 13.9. The molecule has 1 saturated heterocycles. The van der Waals surface area contributed by atoms with E-state index in [2.05, 4.69) is 24.5 Å². The Balaban J connectivity index is 1.74. The Morgan fingerprint density at radius 2 is 2.22 bits per heavy atom. The topological polar surface area (TPSA) is 41.1 Å². The average Bonchev–Trinajstić information content (AvgIpc) is 2.90. The molecule has 2 fully saturated rings. The molecule has 1 amide bonds. The normalized spacial score (nSPS) is 32.2. The summed E-state index contributed by atoms with van der Waals surface area (Å²) in [6, 6.07) is 0.414. The predicted molar refractivity (Wildman–Crippen MR) is 74.4 cm³/mol. The highest BCUT2D eigenvalue weighted by molar-refractivity contribution is 5.82. The summed E-state index contributed by atoms with van der Waals surface area (Å²) in [5.74, 6) is 1.61. The summed E-state index contributed by atoms with van der Waals surface area (Å²) in [4.78, 5) is 12.3. The second-order valence-corrected chi connectivity index (χ2v) is 6.15. The Morgan fingerprint density at radius 3 is 3.00 bits per heavy atom. The predicted octanol–water partition coefficient (Wildman–Crippen LogP) is 2.46. The maximum atomic E-state index is 12.3. The SMILES string of the molecule is CCCCCC(C)NC(=O)C1NCC2CCCC21. The first-order valence-electron chi connectivity index (χ1n) is 7.76. The molecule has 1 heterocycles. The third kappa shape index (κ3) is 3.25. The summed E-state index contributed by atoms with van der Waals surface area (Å²) in [6.07, 6.45) is 8.71. The van der Waals surface area contributed by atoms with Crippen LogP contribution in [0.5, 0.6) is 0 Å². The summed E-state index contributed by atoms with van der Waals surface area (Å²) in [7, 11) is 0. The quantitative estimate of drug-likeness (QED) is 0.713. The van der Waals surface area contributed by atoms with Crippen molar-refractivity contribution in [2.75, 3.05) is 6.54 Å². The van der Waals surface area contributed by atoms with Gasteiger partial charge in [0.25, 0.3) is 0 Å². The van der Waals surface area contributed by atoms with E-state index in [1.807, 2.05) is 0 Å². The molecule has 18 heavy (non-hydrogen) atoms. The highest BCUT2D eigenvalue weighted by atomic mass is 16.2. The van der Waals surface area contributed by atoms with E-state index in [1.165, 1.54) is 38.5 Å². The Kier molecular flexibility index (Phi) is 5.04. The maximum Gasteiger partial charge on any atom is 0.237 e. The zero-order chi connectivity index (χ0) is 13.0. The second-order valence-electron chi connectivity index (χ2n) is 6.15. The molecule has 2 rings (SSSR count). The van der Waals surface area contributed by atoms with E-state index in [0.29, 0.717) is 12.0 Å². The summed E-state index contributed by atoms with van der Waals surface area (Å²) in [5, 5.41) is 6.61. The van der Waals surface area contributed by atoms with Crippen molar-refractivity contribution < 1.29 is 4.79 Å². The number of unbranched alkanes of at least 4 members (excludes halogenated alkanes) is 2. The van der Waals surface area contributed by atoms with Crippen LogP contribution < -0.4 is 10.6 Å². The van der Waals surface area contributed by atoms with Gasteiger partial charge in [-0.25, -0.2) is 0 Å². The summed E-state index contributed by atoms with van der Waals surface area (Å²) < 4.78 is 0. The van der Waals surface area contributed by atoms with Crippen LogP contribution in [0.1, 0.15) is 58.8 Å². The van der Waals surface area contributed by atoms with E-state index in [-0.39, 0.29) is 11.9 Å². The number of hydrogen-bond acceptors (Lipinski definition) is 2. The van der Waals surface area contributed by atoms with Crippen LogP contribution in [-0.4, -0.2) is 24.5 Å². The van der Waals surface area contributed by atoms with Gasteiger partial charge in [0, 0.05) is 6.04 Å². The lowest BCUT2D eigenvalue weighted by atomic mass is 9.93. The van der Waals surface area contributed by atoms with Crippen molar-refractivity contribution in [1.29, 1.82) is 0 Å². The van der Waals surface area contributed by atoms with E-state index in [9.17, 15) is 4.79 Å². The molecular formula is C15H28N2O. The number of rotatable bonds is 6. The van der Waals surface area contributed by atoms with E-state index in [4.69, 9.17) is 0 Å². The van der Waals surface area contributed by atoms with Crippen LogP contribution in [0, 0.1) is 11.8 Å². The summed E-state index contributed by atoms with van der Waals surface area (Å²) in [5.41, 5.74) is 0. The molecule has 0 spiro atoms. The molecule has 104 valence electrons. The van der Waals surface area contributed by atoms with Gasteiger partial charge in [-0.1, -0.05) is 32.6 Å². The number of hydrogen-bond donors (Lipinski definition) is 2. The minimum absolute atomic E-state index is 0.0890. The number of carbonyl (C=O) groups is 1. The monoisotopic (exact) mass is 252 g/mol.